The van der Waals surface area contributed by atoms with Gasteiger partial charge in [0.1, 0.15) is 17.6 Å². The lowest BCUT2D eigenvalue weighted by Crippen LogP contribution is -2.53. The number of aryl methyl sites for hydroxylation is 1. The molecule has 0 bridgehead atoms. The summed E-state index contributed by atoms with van der Waals surface area (Å²) >= 11 is 0. The molecule has 3 aliphatic heterocycles. The number of ether oxygens (including phenoxy) is 4. The van der Waals surface area contributed by atoms with Gasteiger partial charge in [-0.15, -0.1) is 0 Å². The van der Waals surface area contributed by atoms with Gasteiger partial charge in [0.05, 0.1) is 30.8 Å². The number of benzene rings is 1. The molecule has 0 spiro atoms. The molecule has 5 heteroatoms. The van der Waals surface area contributed by atoms with E-state index in [-0.39, 0.29) is 23.6 Å². The summed E-state index contributed by atoms with van der Waals surface area (Å²) in [5, 5.41) is 0. The standard InChI is InChI=1S/C20H26O5/c1-3-13-8-14-15(21)9-18(20(2)11-22-12-20)24-17(14)10-16(13)25-19-6-4-5-7-23-19/h8,10,18-19H,3-7,9,11-12H2,1-2H3. The molecule has 1 aromatic rings. The highest BCUT2D eigenvalue weighted by molar-refractivity contribution is 6.00. The van der Waals surface area contributed by atoms with Crippen molar-refractivity contribution >= 4 is 5.78 Å². The number of fused-ring (bicyclic) bond motifs is 1. The molecule has 2 saturated heterocycles. The van der Waals surface area contributed by atoms with E-state index in [0.717, 1.165) is 43.6 Å². The molecule has 0 aliphatic carbocycles. The lowest BCUT2D eigenvalue weighted by atomic mass is 9.78. The quantitative estimate of drug-likeness (QED) is 0.835. The molecule has 136 valence electrons. The molecule has 0 radical (unpaired) electrons. The Morgan fingerprint density at radius 3 is 2.76 bits per heavy atom. The van der Waals surface area contributed by atoms with E-state index in [0.29, 0.717) is 30.9 Å². The minimum absolute atomic E-state index is 0.0791. The van der Waals surface area contributed by atoms with E-state index < -0.39 is 0 Å². The van der Waals surface area contributed by atoms with Gasteiger partial charge in [0.25, 0.3) is 0 Å². The second kappa shape index (κ2) is 6.61. The van der Waals surface area contributed by atoms with Crippen molar-refractivity contribution in [3.05, 3.63) is 23.3 Å². The average molecular weight is 346 g/mol. The van der Waals surface area contributed by atoms with Gasteiger partial charge in [0.2, 0.25) is 0 Å². The maximum atomic E-state index is 12.7. The summed E-state index contributed by atoms with van der Waals surface area (Å²) in [6, 6.07) is 3.82. The van der Waals surface area contributed by atoms with E-state index in [1.807, 2.05) is 12.1 Å². The molecule has 2 fully saturated rings. The summed E-state index contributed by atoms with van der Waals surface area (Å²) in [4.78, 5) is 12.7. The number of rotatable bonds is 4. The van der Waals surface area contributed by atoms with Crippen molar-refractivity contribution in [3.63, 3.8) is 0 Å². The van der Waals surface area contributed by atoms with E-state index in [2.05, 4.69) is 13.8 Å². The Morgan fingerprint density at radius 2 is 2.12 bits per heavy atom. The molecule has 4 rings (SSSR count). The molecular weight excluding hydrogens is 320 g/mol. The number of carbonyl (C=O) groups excluding carboxylic acids is 1. The molecule has 2 unspecified atom stereocenters. The Morgan fingerprint density at radius 1 is 1.28 bits per heavy atom. The van der Waals surface area contributed by atoms with Gasteiger partial charge in [-0.25, -0.2) is 0 Å². The zero-order chi connectivity index (χ0) is 17.4. The Balaban J connectivity index is 1.61. The molecule has 5 nitrogen and oxygen atoms in total. The maximum Gasteiger partial charge on any atom is 0.199 e. The van der Waals surface area contributed by atoms with E-state index >= 15 is 0 Å². The largest absolute Gasteiger partial charge is 0.488 e. The topological polar surface area (TPSA) is 54.0 Å². The summed E-state index contributed by atoms with van der Waals surface area (Å²) in [5.74, 6) is 1.56. The zero-order valence-electron chi connectivity index (χ0n) is 15.0. The van der Waals surface area contributed by atoms with Gasteiger partial charge in [-0.1, -0.05) is 13.8 Å². The molecular formula is C20H26O5. The first-order valence-electron chi connectivity index (χ1n) is 9.32. The highest BCUT2D eigenvalue weighted by Gasteiger charge is 2.46. The Labute approximate surface area is 148 Å². The first-order chi connectivity index (χ1) is 12.1. The molecule has 0 aromatic heterocycles. The Hall–Kier alpha value is -1.59. The highest BCUT2D eigenvalue weighted by Crippen LogP contribution is 2.42. The van der Waals surface area contributed by atoms with E-state index in [1.54, 1.807) is 0 Å². The first kappa shape index (κ1) is 16.9. The molecule has 25 heavy (non-hydrogen) atoms. The van der Waals surface area contributed by atoms with Crippen LogP contribution in [-0.4, -0.2) is 38.0 Å². The van der Waals surface area contributed by atoms with Crippen LogP contribution in [0.15, 0.2) is 12.1 Å². The van der Waals surface area contributed by atoms with Crippen molar-refractivity contribution in [1.82, 2.24) is 0 Å². The van der Waals surface area contributed by atoms with Gasteiger partial charge in [-0.05, 0) is 30.9 Å². The third-order valence-corrected chi connectivity index (χ3v) is 5.52. The Kier molecular flexibility index (Phi) is 4.46. The number of carbonyl (C=O) groups is 1. The summed E-state index contributed by atoms with van der Waals surface area (Å²) in [6.45, 7) is 6.22. The smallest absolute Gasteiger partial charge is 0.199 e. The fraction of sp³-hybridized carbons (Fsp3) is 0.650. The first-order valence-corrected chi connectivity index (χ1v) is 9.32. The van der Waals surface area contributed by atoms with Crippen LogP contribution < -0.4 is 9.47 Å². The van der Waals surface area contributed by atoms with Crippen molar-refractivity contribution < 1.29 is 23.7 Å². The predicted molar refractivity (Wildman–Crippen MR) is 92.3 cm³/mol. The van der Waals surface area contributed by atoms with Crippen LogP contribution >= 0.6 is 0 Å². The monoisotopic (exact) mass is 346 g/mol. The molecule has 2 atom stereocenters. The normalized spacial score (nSPS) is 27.8. The fourth-order valence-electron chi connectivity index (χ4n) is 3.73. The number of hydrogen-bond acceptors (Lipinski definition) is 5. The van der Waals surface area contributed by atoms with Crippen molar-refractivity contribution in [2.75, 3.05) is 19.8 Å². The molecule has 0 saturated carbocycles. The third-order valence-electron chi connectivity index (χ3n) is 5.52. The van der Waals surface area contributed by atoms with Crippen LogP contribution in [0.5, 0.6) is 11.5 Å². The van der Waals surface area contributed by atoms with Crippen LogP contribution in [-0.2, 0) is 15.9 Å². The lowest BCUT2D eigenvalue weighted by Gasteiger charge is -2.45. The van der Waals surface area contributed by atoms with Crippen LogP contribution in [0.25, 0.3) is 0 Å². The van der Waals surface area contributed by atoms with E-state index in [9.17, 15) is 4.79 Å². The van der Waals surface area contributed by atoms with Crippen LogP contribution in [0.4, 0.5) is 0 Å². The lowest BCUT2D eigenvalue weighted by molar-refractivity contribution is -0.153. The molecule has 1 aromatic carbocycles. The molecule has 0 N–H and O–H groups in total. The van der Waals surface area contributed by atoms with Gasteiger partial charge >= 0.3 is 0 Å². The van der Waals surface area contributed by atoms with Crippen LogP contribution in [0, 0.1) is 5.41 Å². The highest BCUT2D eigenvalue weighted by atomic mass is 16.7. The zero-order valence-corrected chi connectivity index (χ0v) is 15.0. The van der Waals surface area contributed by atoms with Crippen molar-refractivity contribution in [3.8, 4) is 11.5 Å². The summed E-state index contributed by atoms with van der Waals surface area (Å²) in [6.07, 6.45) is 3.99. The van der Waals surface area contributed by atoms with Crippen LogP contribution in [0.3, 0.4) is 0 Å². The minimum atomic E-state index is -0.204. The predicted octanol–water partition coefficient (Wildman–Crippen LogP) is 3.52. The summed E-state index contributed by atoms with van der Waals surface area (Å²) < 4.78 is 23.4. The van der Waals surface area contributed by atoms with E-state index in [4.69, 9.17) is 18.9 Å². The fourth-order valence-corrected chi connectivity index (χ4v) is 3.73. The van der Waals surface area contributed by atoms with Gasteiger partial charge in [-0.3, -0.25) is 4.79 Å². The molecule has 3 heterocycles. The van der Waals surface area contributed by atoms with Gasteiger partial charge in [0.15, 0.2) is 12.1 Å². The van der Waals surface area contributed by atoms with Crippen molar-refractivity contribution in [1.29, 1.82) is 0 Å². The Bertz CT molecular complexity index is 658. The van der Waals surface area contributed by atoms with Crippen LogP contribution in [0.1, 0.15) is 55.5 Å². The summed E-state index contributed by atoms with van der Waals surface area (Å²) in [7, 11) is 0. The van der Waals surface area contributed by atoms with Gasteiger partial charge < -0.3 is 18.9 Å². The SMILES string of the molecule is CCc1cc2c(cc1OC1CCCCO1)OC(C1(C)COC1)CC2=O. The molecule has 3 aliphatic rings. The summed E-state index contributed by atoms with van der Waals surface area (Å²) in [5.41, 5.74) is 1.62. The van der Waals surface area contributed by atoms with Gasteiger partial charge in [0, 0.05) is 18.9 Å². The second-order valence-electron chi connectivity index (χ2n) is 7.60. The number of hydrogen-bond donors (Lipinski definition) is 0. The maximum absolute atomic E-state index is 12.7. The van der Waals surface area contributed by atoms with Crippen LogP contribution in [0.2, 0.25) is 0 Å². The van der Waals surface area contributed by atoms with E-state index in [1.165, 1.54) is 0 Å². The minimum Gasteiger partial charge on any atom is -0.488 e. The van der Waals surface area contributed by atoms with Gasteiger partial charge in [-0.2, -0.15) is 0 Å². The average Bonchev–Trinajstić information content (AvgIpc) is 2.60. The second-order valence-corrected chi connectivity index (χ2v) is 7.60. The number of Topliss-reactive ketones (excluding diaryl/α,β-unsaturated/α-hetero) is 1. The molecule has 0 amide bonds. The van der Waals surface area contributed by atoms with Crippen molar-refractivity contribution in [2.45, 2.75) is 58.3 Å². The third kappa shape index (κ3) is 3.15. The number of ketones is 1. The van der Waals surface area contributed by atoms with Crippen molar-refractivity contribution in [2.24, 2.45) is 5.41 Å².